The molecule has 2 nitrogen and oxygen atoms in total. The zero-order chi connectivity index (χ0) is 13.8. The Kier molecular flexibility index (Phi) is 4.40. The molecule has 0 spiro atoms. The molecule has 0 aliphatic carbocycles. The van der Waals surface area contributed by atoms with E-state index in [0.717, 1.165) is 17.5 Å². The average molecular weight is 281 g/mol. The molecule has 0 fully saturated rings. The van der Waals surface area contributed by atoms with Crippen LogP contribution in [0, 0.1) is 5.82 Å². The molecule has 0 bridgehead atoms. The van der Waals surface area contributed by atoms with Crippen LogP contribution < -0.4 is 4.74 Å². The van der Waals surface area contributed by atoms with Crippen molar-refractivity contribution in [3.63, 3.8) is 0 Å². The third kappa shape index (κ3) is 3.06. The van der Waals surface area contributed by atoms with Crippen LogP contribution in [0.5, 0.6) is 11.5 Å². The van der Waals surface area contributed by atoms with Gasteiger partial charge in [-0.15, -0.1) is 0 Å². The van der Waals surface area contributed by atoms with Gasteiger partial charge in [-0.3, -0.25) is 0 Å². The highest BCUT2D eigenvalue weighted by Gasteiger charge is 2.10. The Hall–Kier alpha value is -1.58. The van der Waals surface area contributed by atoms with Crippen molar-refractivity contribution in [3.05, 3.63) is 58.4 Å². The molecule has 0 aromatic heterocycles. The highest BCUT2D eigenvalue weighted by molar-refractivity contribution is 6.32. The molecule has 4 heteroatoms. The summed E-state index contributed by atoms with van der Waals surface area (Å²) in [6.07, 6.45) is 0.816. The zero-order valence-corrected chi connectivity index (χ0v) is 11.2. The maximum atomic E-state index is 13.6. The summed E-state index contributed by atoms with van der Waals surface area (Å²) in [6.45, 7) is 1.92. The Morgan fingerprint density at radius 1 is 1.21 bits per heavy atom. The average Bonchev–Trinajstić information content (AvgIpc) is 2.42. The van der Waals surface area contributed by atoms with Crippen molar-refractivity contribution in [1.82, 2.24) is 0 Å². The van der Waals surface area contributed by atoms with E-state index in [0.29, 0.717) is 5.75 Å². The number of aliphatic hydroxyl groups is 1. The quantitative estimate of drug-likeness (QED) is 0.903. The van der Waals surface area contributed by atoms with Gasteiger partial charge in [-0.25, -0.2) is 4.39 Å². The maximum Gasteiger partial charge on any atom is 0.181 e. The van der Waals surface area contributed by atoms with Crippen LogP contribution in [-0.4, -0.2) is 5.11 Å². The topological polar surface area (TPSA) is 29.5 Å². The van der Waals surface area contributed by atoms with Gasteiger partial charge in [-0.05, 0) is 41.8 Å². The number of aliphatic hydroxyl groups excluding tert-OH is 1. The van der Waals surface area contributed by atoms with E-state index in [-0.39, 0.29) is 17.4 Å². The van der Waals surface area contributed by atoms with Crippen molar-refractivity contribution in [2.45, 2.75) is 20.0 Å². The first-order valence-corrected chi connectivity index (χ1v) is 6.38. The predicted octanol–water partition coefficient (Wildman–Crippen LogP) is 4.33. The minimum absolute atomic E-state index is 0.00250. The number of ether oxygens (including phenoxy) is 1. The van der Waals surface area contributed by atoms with Crippen LogP contribution in [0.15, 0.2) is 36.4 Å². The fourth-order valence-corrected chi connectivity index (χ4v) is 2.06. The highest BCUT2D eigenvalue weighted by atomic mass is 35.5. The van der Waals surface area contributed by atoms with Crippen LogP contribution >= 0.6 is 11.6 Å². The van der Waals surface area contributed by atoms with Gasteiger partial charge in [0.15, 0.2) is 11.6 Å². The number of hydrogen-bond acceptors (Lipinski definition) is 2. The first kappa shape index (κ1) is 13.8. The van der Waals surface area contributed by atoms with E-state index in [1.165, 1.54) is 12.1 Å². The molecule has 0 amide bonds. The zero-order valence-electron chi connectivity index (χ0n) is 10.5. The lowest BCUT2D eigenvalue weighted by Crippen LogP contribution is -1.95. The molecule has 2 aromatic carbocycles. The second-order valence-electron chi connectivity index (χ2n) is 4.10. The standard InChI is InChI=1S/C15H14ClFO2/c1-2-10-6-7-12(8-11(10)9-18)19-15-13(16)4-3-5-14(15)17/h3-8,18H,2,9H2,1H3. The van der Waals surface area contributed by atoms with Gasteiger partial charge in [-0.1, -0.05) is 30.7 Å². The van der Waals surface area contributed by atoms with E-state index in [2.05, 4.69) is 0 Å². The number of aryl methyl sites for hydroxylation is 1. The van der Waals surface area contributed by atoms with Crippen LogP contribution in [0.25, 0.3) is 0 Å². The Bertz CT molecular complexity index is 564. The van der Waals surface area contributed by atoms with Crippen LogP contribution in [0.3, 0.4) is 0 Å². The van der Waals surface area contributed by atoms with Gasteiger partial charge in [0, 0.05) is 0 Å². The van der Waals surface area contributed by atoms with Gasteiger partial charge in [0.25, 0.3) is 0 Å². The molecular weight excluding hydrogens is 267 g/mol. The fraction of sp³-hybridized carbons (Fsp3) is 0.200. The van der Waals surface area contributed by atoms with Crippen molar-refractivity contribution >= 4 is 11.6 Å². The summed E-state index contributed by atoms with van der Waals surface area (Å²) in [4.78, 5) is 0. The highest BCUT2D eigenvalue weighted by Crippen LogP contribution is 2.32. The second kappa shape index (κ2) is 6.04. The molecule has 1 N–H and O–H groups in total. The van der Waals surface area contributed by atoms with Gasteiger partial charge >= 0.3 is 0 Å². The monoisotopic (exact) mass is 280 g/mol. The summed E-state index contributed by atoms with van der Waals surface area (Å²) in [7, 11) is 0. The molecule has 0 aliphatic heterocycles. The lowest BCUT2D eigenvalue weighted by atomic mass is 10.1. The number of hydrogen-bond donors (Lipinski definition) is 1. The lowest BCUT2D eigenvalue weighted by molar-refractivity contribution is 0.280. The SMILES string of the molecule is CCc1ccc(Oc2c(F)cccc2Cl)cc1CO. The predicted molar refractivity (Wildman–Crippen MR) is 73.2 cm³/mol. The summed E-state index contributed by atoms with van der Waals surface area (Å²) >= 11 is 5.90. The van der Waals surface area contributed by atoms with Crippen molar-refractivity contribution in [2.24, 2.45) is 0 Å². The minimum atomic E-state index is -0.516. The molecule has 0 unspecified atom stereocenters. The first-order chi connectivity index (χ1) is 9.15. The molecule has 2 aromatic rings. The molecule has 2 rings (SSSR count). The molecule has 0 heterocycles. The number of benzene rings is 2. The van der Waals surface area contributed by atoms with Crippen LogP contribution in [0.4, 0.5) is 4.39 Å². The van der Waals surface area contributed by atoms with Gasteiger partial charge in [0.2, 0.25) is 0 Å². The summed E-state index contributed by atoms with van der Waals surface area (Å²) in [5.41, 5.74) is 1.81. The minimum Gasteiger partial charge on any atom is -0.453 e. The van der Waals surface area contributed by atoms with E-state index < -0.39 is 5.82 Å². The van der Waals surface area contributed by atoms with E-state index in [9.17, 15) is 9.50 Å². The molecule has 0 aliphatic rings. The Labute approximate surface area is 116 Å². The fourth-order valence-electron chi connectivity index (χ4n) is 1.86. The first-order valence-electron chi connectivity index (χ1n) is 6.00. The molecule has 0 atom stereocenters. The Balaban J connectivity index is 2.33. The van der Waals surface area contributed by atoms with Crippen LogP contribution in [0.2, 0.25) is 5.02 Å². The van der Waals surface area contributed by atoms with Crippen LogP contribution in [-0.2, 0) is 13.0 Å². The van der Waals surface area contributed by atoms with E-state index in [1.54, 1.807) is 18.2 Å². The molecule has 0 radical (unpaired) electrons. The number of rotatable bonds is 4. The summed E-state index contributed by atoms with van der Waals surface area (Å²) in [5, 5.41) is 9.51. The Morgan fingerprint density at radius 2 is 2.00 bits per heavy atom. The van der Waals surface area contributed by atoms with Crippen molar-refractivity contribution in [3.8, 4) is 11.5 Å². The van der Waals surface area contributed by atoms with E-state index in [1.807, 2.05) is 13.0 Å². The van der Waals surface area contributed by atoms with E-state index in [4.69, 9.17) is 16.3 Å². The summed E-state index contributed by atoms with van der Waals surface area (Å²) in [5.74, 6) is -0.0665. The van der Waals surface area contributed by atoms with E-state index >= 15 is 0 Å². The molecule has 0 saturated carbocycles. The van der Waals surface area contributed by atoms with Crippen molar-refractivity contribution in [1.29, 1.82) is 0 Å². The smallest absolute Gasteiger partial charge is 0.181 e. The Morgan fingerprint density at radius 3 is 2.63 bits per heavy atom. The molecular formula is C15H14ClFO2. The second-order valence-corrected chi connectivity index (χ2v) is 4.50. The van der Waals surface area contributed by atoms with Crippen molar-refractivity contribution < 1.29 is 14.2 Å². The normalized spacial score (nSPS) is 10.5. The van der Waals surface area contributed by atoms with Crippen LogP contribution in [0.1, 0.15) is 18.1 Å². The summed E-state index contributed by atoms with van der Waals surface area (Å²) in [6, 6.07) is 9.66. The number of para-hydroxylation sites is 1. The molecule has 100 valence electrons. The van der Waals surface area contributed by atoms with Gasteiger partial charge in [-0.2, -0.15) is 0 Å². The maximum absolute atomic E-state index is 13.6. The van der Waals surface area contributed by atoms with Gasteiger partial charge < -0.3 is 9.84 Å². The third-order valence-electron chi connectivity index (χ3n) is 2.87. The lowest BCUT2D eigenvalue weighted by Gasteiger charge is -2.11. The van der Waals surface area contributed by atoms with Gasteiger partial charge in [0.1, 0.15) is 5.75 Å². The van der Waals surface area contributed by atoms with Crippen molar-refractivity contribution in [2.75, 3.05) is 0 Å². The third-order valence-corrected chi connectivity index (χ3v) is 3.17. The van der Waals surface area contributed by atoms with Gasteiger partial charge in [0.05, 0.1) is 11.6 Å². The molecule has 0 saturated heterocycles. The number of halogens is 2. The largest absolute Gasteiger partial charge is 0.453 e. The summed E-state index contributed by atoms with van der Waals surface area (Å²) < 4.78 is 19.1. The molecule has 19 heavy (non-hydrogen) atoms.